The molecule has 2 atom stereocenters. The highest BCUT2D eigenvalue weighted by Crippen LogP contribution is 2.39. The Balaban J connectivity index is 0.00000306. The van der Waals surface area contributed by atoms with E-state index < -0.39 is 12.0 Å². The molecule has 4 rings (SSSR count). The number of aromatic nitrogens is 2. The minimum atomic E-state index is -0.576. The summed E-state index contributed by atoms with van der Waals surface area (Å²) in [5, 5.41) is 4.29. The van der Waals surface area contributed by atoms with E-state index in [1.165, 1.54) is 12.3 Å². The first kappa shape index (κ1) is 25.5. The van der Waals surface area contributed by atoms with Crippen LogP contribution in [0.25, 0.3) is 0 Å². The summed E-state index contributed by atoms with van der Waals surface area (Å²) in [5.41, 5.74) is 1.93. The lowest BCUT2D eigenvalue weighted by atomic mass is 9.93. The molecule has 0 spiro atoms. The number of halogens is 2. The molecule has 1 saturated heterocycles. The summed E-state index contributed by atoms with van der Waals surface area (Å²) in [4.78, 5) is 27.1. The van der Waals surface area contributed by atoms with Crippen LogP contribution in [-0.2, 0) is 16.1 Å². The maximum absolute atomic E-state index is 14.6. The number of esters is 1. The monoisotopic (exact) mass is 493 g/mol. The maximum atomic E-state index is 14.6. The molecule has 2 unspecified atom stereocenters. The number of ether oxygens (including phenoxy) is 1. The predicted octanol–water partition coefficient (Wildman–Crippen LogP) is 4.27. The van der Waals surface area contributed by atoms with Crippen molar-refractivity contribution < 1.29 is 18.7 Å². The van der Waals surface area contributed by atoms with E-state index in [0.717, 1.165) is 24.8 Å². The minimum absolute atomic E-state index is 0. The Morgan fingerprint density at radius 1 is 1.30 bits per heavy atom. The van der Waals surface area contributed by atoms with Crippen molar-refractivity contribution in [1.29, 1.82) is 0 Å². The largest absolute Gasteiger partial charge is 0.462 e. The van der Waals surface area contributed by atoms with E-state index in [4.69, 9.17) is 17.4 Å². The van der Waals surface area contributed by atoms with E-state index in [1.807, 2.05) is 6.08 Å². The second-order valence-electron chi connectivity index (χ2n) is 8.33. The Labute approximate surface area is 205 Å². The average molecular weight is 494 g/mol. The standard InChI is InChI=1S/C24H28FN3O3S.ClH/c1-2-31-24(30)18-13-26-28(15-18)12-9-17-14-27(11-10-21(17)32)22(23(29)16-7-8-16)19-5-3-4-6-20(19)25;/h3-6,9,13,15-16,21-22,32H,2,7-8,10-12,14H2,1H3;1H/b17-9+;. The molecule has 178 valence electrons. The van der Waals surface area contributed by atoms with Gasteiger partial charge in [-0.15, -0.1) is 12.4 Å². The number of carbonyl (C=O) groups excluding carboxylic acids is 2. The van der Waals surface area contributed by atoms with Gasteiger partial charge in [0.25, 0.3) is 0 Å². The second-order valence-corrected chi connectivity index (χ2v) is 8.95. The van der Waals surface area contributed by atoms with E-state index in [1.54, 1.807) is 36.0 Å². The van der Waals surface area contributed by atoms with Crippen LogP contribution >= 0.6 is 25.0 Å². The van der Waals surface area contributed by atoms with Crippen LogP contribution in [0.15, 0.2) is 48.3 Å². The normalized spacial score (nSPS) is 20.8. The summed E-state index contributed by atoms with van der Waals surface area (Å²) < 4.78 is 21.3. The fourth-order valence-corrected chi connectivity index (χ4v) is 4.43. The number of Topliss-reactive ketones (excluding diaryl/α,β-unsaturated/α-hetero) is 1. The van der Waals surface area contributed by atoms with Crippen LogP contribution in [0.1, 0.15) is 48.1 Å². The highest BCUT2D eigenvalue weighted by atomic mass is 35.5. The lowest BCUT2D eigenvalue weighted by Crippen LogP contribution is -2.42. The van der Waals surface area contributed by atoms with Crippen molar-refractivity contribution >= 4 is 36.8 Å². The third-order valence-electron chi connectivity index (χ3n) is 6.00. The lowest BCUT2D eigenvalue weighted by Gasteiger charge is -2.37. The molecule has 2 fully saturated rings. The SMILES string of the molecule is CCOC(=O)c1cnn(C/C=C2\CN(C(C(=O)C3CC3)c3ccccc3F)CCC2S)c1.Cl. The van der Waals surface area contributed by atoms with Gasteiger partial charge in [-0.25, -0.2) is 9.18 Å². The number of benzene rings is 1. The first-order chi connectivity index (χ1) is 15.5. The molecule has 0 N–H and O–H groups in total. The molecule has 2 heterocycles. The average Bonchev–Trinajstić information content (AvgIpc) is 3.53. The molecule has 9 heteroatoms. The zero-order chi connectivity index (χ0) is 22.7. The van der Waals surface area contributed by atoms with Crippen molar-refractivity contribution in [2.75, 3.05) is 19.7 Å². The molecule has 1 aliphatic carbocycles. The number of carbonyl (C=O) groups is 2. The molecular weight excluding hydrogens is 465 g/mol. The van der Waals surface area contributed by atoms with Gasteiger partial charge in [-0.05, 0) is 37.8 Å². The first-order valence-corrected chi connectivity index (χ1v) is 11.6. The summed E-state index contributed by atoms with van der Waals surface area (Å²) >= 11 is 4.73. The highest BCUT2D eigenvalue weighted by molar-refractivity contribution is 7.81. The van der Waals surface area contributed by atoms with E-state index in [2.05, 4.69) is 10.00 Å². The zero-order valence-electron chi connectivity index (χ0n) is 18.5. The molecule has 6 nitrogen and oxygen atoms in total. The van der Waals surface area contributed by atoms with Gasteiger partial charge in [-0.3, -0.25) is 14.4 Å². The summed E-state index contributed by atoms with van der Waals surface area (Å²) in [6.07, 6.45) is 7.72. The molecule has 0 amide bonds. The van der Waals surface area contributed by atoms with Crippen LogP contribution in [-0.4, -0.2) is 51.4 Å². The smallest absolute Gasteiger partial charge is 0.341 e. The molecule has 1 aliphatic heterocycles. The molecule has 33 heavy (non-hydrogen) atoms. The fourth-order valence-electron chi connectivity index (χ4n) is 4.13. The number of allylic oxidation sites excluding steroid dienone is 1. The quantitative estimate of drug-likeness (QED) is 0.338. The second kappa shape index (κ2) is 11.3. The van der Waals surface area contributed by atoms with Crippen LogP contribution in [0.5, 0.6) is 0 Å². The number of nitrogens with zero attached hydrogens (tertiary/aromatic N) is 3. The number of likely N-dealkylation sites (tertiary alicyclic amines) is 1. The summed E-state index contributed by atoms with van der Waals surface area (Å²) in [7, 11) is 0. The van der Waals surface area contributed by atoms with E-state index >= 15 is 0 Å². The summed E-state index contributed by atoms with van der Waals surface area (Å²) in [6.45, 7) is 3.76. The van der Waals surface area contributed by atoms with Gasteiger partial charge in [0.15, 0.2) is 5.78 Å². The molecular formula is C24H29ClFN3O3S. The molecule has 2 aliphatic rings. The Bertz CT molecular complexity index is 1020. The zero-order valence-corrected chi connectivity index (χ0v) is 20.2. The first-order valence-electron chi connectivity index (χ1n) is 11.1. The number of hydrogen-bond donors (Lipinski definition) is 1. The van der Waals surface area contributed by atoms with Crippen LogP contribution in [0.2, 0.25) is 0 Å². The maximum Gasteiger partial charge on any atom is 0.341 e. The van der Waals surface area contributed by atoms with Crippen molar-refractivity contribution in [3.8, 4) is 0 Å². The molecule has 0 radical (unpaired) electrons. The molecule has 1 saturated carbocycles. The van der Waals surface area contributed by atoms with Gasteiger partial charge in [0, 0.05) is 36.0 Å². The van der Waals surface area contributed by atoms with Gasteiger partial charge in [0.05, 0.1) is 31.0 Å². The number of piperidine rings is 1. The summed E-state index contributed by atoms with van der Waals surface area (Å²) in [5.74, 6) is -0.592. The number of hydrogen-bond acceptors (Lipinski definition) is 6. The number of ketones is 1. The highest BCUT2D eigenvalue weighted by Gasteiger charge is 2.40. The number of thiol groups is 1. The molecule has 1 aromatic carbocycles. The molecule has 0 bridgehead atoms. The van der Waals surface area contributed by atoms with E-state index in [9.17, 15) is 14.0 Å². The van der Waals surface area contributed by atoms with Crippen LogP contribution in [0, 0.1) is 11.7 Å². The van der Waals surface area contributed by atoms with Crippen molar-refractivity contribution in [1.82, 2.24) is 14.7 Å². The van der Waals surface area contributed by atoms with E-state index in [0.29, 0.717) is 37.4 Å². The van der Waals surface area contributed by atoms with Gasteiger partial charge in [-0.1, -0.05) is 24.3 Å². The third-order valence-corrected chi connectivity index (χ3v) is 6.59. The van der Waals surface area contributed by atoms with Gasteiger partial charge >= 0.3 is 5.97 Å². The Kier molecular flexibility index (Phi) is 8.73. The predicted molar refractivity (Wildman–Crippen MR) is 129 cm³/mol. The van der Waals surface area contributed by atoms with Gasteiger partial charge < -0.3 is 4.74 Å². The van der Waals surface area contributed by atoms with Gasteiger partial charge in [0.1, 0.15) is 5.82 Å². The topological polar surface area (TPSA) is 64.4 Å². The van der Waals surface area contributed by atoms with Crippen LogP contribution < -0.4 is 0 Å². The molecule has 1 aromatic heterocycles. The Morgan fingerprint density at radius 2 is 2.06 bits per heavy atom. The van der Waals surface area contributed by atoms with Crippen molar-refractivity contribution in [2.45, 2.75) is 44.0 Å². The Hall–Kier alpha value is -2.16. The van der Waals surface area contributed by atoms with Crippen molar-refractivity contribution in [3.05, 3.63) is 65.3 Å². The van der Waals surface area contributed by atoms with Crippen molar-refractivity contribution in [2.24, 2.45) is 5.92 Å². The molecule has 2 aromatic rings. The van der Waals surface area contributed by atoms with Gasteiger partial charge in [0.2, 0.25) is 0 Å². The van der Waals surface area contributed by atoms with E-state index in [-0.39, 0.29) is 35.2 Å². The minimum Gasteiger partial charge on any atom is -0.462 e. The lowest BCUT2D eigenvalue weighted by molar-refractivity contribution is -0.126. The van der Waals surface area contributed by atoms with Crippen LogP contribution in [0.3, 0.4) is 0 Å². The number of rotatable bonds is 8. The fraction of sp³-hybridized carbons (Fsp3) is 0.458. The van der Waals surface area contributed by atoms with Gasteiger partial charge in [-0.2, -0.15) is 17.7 Å². The van der Waals surface area contributed by atoms with Crippen LogP contribution in [0.4, 0.5) is 4.39 Å². The Morgan fingerprint density at radius 3 is 2.76 bits per heavy atom. The van der Waals surface area contributed by atoms with Crippen molar-refractivity contribution in [3.63, 3.8) is 0 Å². The summed E-state index contributed by atoms with van der Waals surface area (Å²) in [6, 6.07) is 6.00. The third kappa shape index (κ3) is 6.05.